The van der Waals surface area contributed by atoms with Gasteiger partial charge in [-0.25, -0.2) is 14.6 Å². The number of H-pyrrole nitrogens is 1. The number of halogens is 1. The molecule has 0 aliphatic rings. The zero-order valence-corrected chi connectivity index (χ0v) is 22.3. The summed E-state index contributed by atoms with van der Waals surface area (Å²) in [6.07, 6.45) is 1.43. The van der Waals surface area contributed by atoms with Crippen molar-refractivity contribution in [3.05, 3.63) is 114 Å². The molecule has 8 nitrogen and oxygen atoms in total. The zero-order valence-electron chi connectivity index (χ0n) is 22.3. The molecule has 0 bridgehead atoms. The summed E-state index contributed by atoms with van der Waals surface area (Å²) in [6, 6.07) is 25.4. The minimum absolute atomic E-state index is 0.184. The second-order valence-corrected chi connectivity index (χ2v) is 8.86. The first kappa shape index (κ1) is 27.1. The van der Waals surface area contributed by atoms with Crippen LogP contribution in [-0.4, -0.2) is 36.8 Å². The molecule has 0 saturated carbocycles. The summed E-state index contributed by atoms with van der Waals surface area (Å²) in [5, 5.41) is 4.68. The van der Waals surface area contributed by atoms with E-state index in [0.717, 1.165) is 5.56 Å². The third kappa shape index (κ3) is 5.94. The van der Waals surface area contributed by atoms with Crippen molar-refractivity contribution in [3.63, 3.8) is 0 Å². The van der Waals surface area contributed by atoms with Crippen LogP contribution < -0.4 is 19.6 Å². The number of para-hydroxylation sites is 1. The second-order valence-electron chi connectivity index (χ2n) is 8.86. The first-order valence-electron chi connectivity index (χ1n) is 12.8. The average Bonchev–Trinajstić information content (AvgIpc) is 3.40. The summed E-state index contributed by atoms with van der Waals surface area (Å²) in [5.74, 6) is -0.348. The van der Waals surface area contributed by atoms with Gasteiger partial charge in [0.2, 0.25) is 0 Å². The number of nitrogens with one attached hydrogen (secondary N) is 2. The van der Waals surface area contributed by atoms with E-state index in [0.29, 0.717) is 40.2 Å². The van der Waals surface area contributed by atoms with Crippen LogP contribution in [0.25, 0.3) is 22.0 Å². The number of aromatic nitrogens is 1. The molecule has 206 valence electrons. The molecule has 0 unspecified atom stereocenters. The van der Waals surface area contributed by atoms with E-state index >= 15 is 0 Å². The second kappa shape index (κ2) is 12.2. The maximum atomic E-state index is 14.5. The molecule has 0 aliphatic heterocycles. The predicted octanol–water partition coefficient (Wildman–Crippen LogP) is 6.36. The van der Waals surface area contributed by atoms with Crippen LogP contribution in [0.4, 0.5) is 4.39 Å². The number of benzene rings is 4. The maximum Gasteiger partial charge on any atom is 0.343 e. The Bertz CT molecular complexity index is 1730. The molecule has 0 fully saturated rings. The number of nitrogens with zero attached hydrogens (tertiary/aromatic N) is 1. The van der Waals surface area contributed by atoms with Gasteiger partial charge < -0.3 is 19.2 Å². The monoisotopic (exact) mass is 551 g/mol. The van der Waals surface area contributed by atoms with Crippen molar-refractivity contribution < 1.29 is 28.2 Å². The van der Waals surface area contributed by atoms with Crippen molar-refractivity contribution in [2.24, 2.45) is 5.10 Å². The van der Waals surface area contributed by atoms with Crippen LogP contribution in [0.15, 0.2) is 96.1 Å². The van der Waals surface area contributed by atoms with Crippen molar-refractivity contribution in [2.75, 3.05) is 13.7 Å². The highest BCUT2D eigenvalue weighted by atomic mass is 19.1. The molecule has 4 aromatic carbocycles. The van der Waals surface area contributed by atoms with E-state index in [4.69, 9.17) is 14.2 Å². The Labute approximate surface area is 235 Å². The summed E-state index contributed by atoms with van der Waals surface area (Å²) in [5.41, 5.74) is 5.21. The topological polar surface area (TPSA) is 102 Å². The number of amides is 1. The van der Waals surface area contributed by atoms with Gasteiger partial charge in [0.25, 0.3) is 5.91 Å². The van der Waals surface area contributed by atoms with E-state index in [1.807, 2.05) is 37.3 Å². The van der Waals surface area contributed by atoms with E-state index in [-0.39, 0.29) is 17.0 Å². The summed E-state index contributed by atoms with van der Waals surface area (Å²) in [4.78, 5) is 28.7. The number of hydrogen-bond donors (Lipinski definition) is 2. The number of hydrogen-bond acceptors (Lipinski definition) is 6. The molecule has 1 amide bonds. The lowest BCUT2D eigenvalue weighted by molar-refractivity contribution is 0.0728. The predicted molar refractivity (Wildman–Crippen MR) is 154 cm³/mol. The Balaban J connectivity index is 1.35. The Kier molecular flexibility index (Phi) is 8.05. The number of esters is 1. The number of rotatable bonds is 9. The summed E-state index contributed by atoms with van der Waals surface area (Å²) in [6.45, 7) is 2.15. The number of fused-ring (bicyclic) bond motifs is 1. The van der Waals surface area contributed by atoms with Crippen molar-refractivity contribution >= 4 is 29.0 Å². The fourth-order valence-electron chi connectivity index (χ4n) is 4.32. The highest BCUT2D eigenvalue weighted by Crippen LogP contribution is 2.34. The molecule has 0 atom stereocenters. The van der Waals surface area contributed by atoms with Gasteiger partial charge in [-0.15, -0.1) is 0 Å². The minimum atomic E-state index is -0.550. The van der Waals surface area contributed by atoms with Crippen molar-refractivity contribution in [3.8, 4) is 28.4 Å². The van der Waals surface area contributed by atoms with E-state index in [9.17, 15) is 14.0 Å². The molecule has 2 N–H and O–H groups in total. The summed E-state index contributed by atoms with van der Waals surface area (Å²) < 4.78 is 30.9. The Hall–Kier alpha value is -5.44. The minimum Gasteiger partial charge on any atom is -0.497 e. The summed E-state index contributed by atoms with van der Waals surface area (Å²) in [7, 11) is 1.54. The number of hydrazone groups is 1. The van der Waals surface area contributed by atoms with E-state index < -0.39 is 17.7 Å². The van der Waals surface area contributed by atoms with E-state index in [1.54, 1.807) is 61.7 Å². The van der Waals surface area contributed by atoms with E-state index in [2.05, 4.69) is 15.5 Å². The van der Waals surface area contributed by atoms with Crippen molar-refractivity contribution in [2.45, 2.75) is 6.92 Å². The molecule has 9 heteroatoms. The van der Waals surface area contributed by atoms with Crippen molar-refractivity contribution in [1.82, 2.24) is 10.4 Å². The SMILES string of the molecule is CCOc1cc(C=NNC(=O)c2[nH]c3c(F)cccc3c2-c2ccccc2)ccc1OC(=O)c1ccc(OC)cc1. The molecule has 1 aromatic heterocycles. The molecule has 0 aliphatic carbocycles. The van der Waals surface area contributed by atoms with Crippen LogP contribution in [0.3, 0.4) is 0 Å². The molecular formula is C32H26FN3O5. The van der Waals surface area contributed by atoms with Crippen LogP contribution in [-0.2, 0) is 0 Å². The Morgan fingerprint density at radius 2 is 1.73 bits per heavy atom. The molecule has 5 rings (SSSR count). The first-order chi connectivity index (χ1) is 20.0. The molecule has 1 heterocycles. The Morgan fingerprint density at radius 1 is 0.951 bits per heavy atom. The lowest BCUT2D eigenvalue weighted by Gasteiger charge is -2.11. The van der Waals surface area contributed by atoms with Gasteiger partial charge in [-0.2, -0.15) is 5.10 Å². The molecule has 41 heavy (non-hydrogen) atoms. The lowest BCUT2D eigenvalue weighted by atomic mass is 10.0. The van der Waals surface area contributed by atoms with Crippen molar-refractivity contribution in [1.29, 1.82) is 0 Å². The Morgan fingerprint density at radius 3 is 2.46 bits per heavy atom. The van der Waals surface area contributed by atoms with Gasteiger partial charge in [-0.3, -0.25) is 4.79 Å². The van der Waals surface area contributed by atoms with Gasteiger partial charge in [0.15, 0.2) is 11.5 Å². The molecular weight excluding hydrogens is 525 g/mol. The maximum absolute atomic E-state index is 14.5. The van der Waals surface area contributed by atoms with Gasteiger partial charge >= 0.3 is 5.97 Å². The van der Waals surface area contributed by atoms with Crippen LogP contribution in [0.2, 0.25) is 0 Å². The van der Waals surface area contributed by atoms with Crippen LogP contribution in [0, 0.1) is 5.82 Å². The zero-order chi connectivity index (χ0) is 28.8. The number of aromatic amines is 1. The average molecular weight is 552 g/mol. The van der Waals surface area contributed by atoms with Crippen LogP contribution in [0.1, 0.15) is 33.3 Å². The number of carbonyl (C=O) groups excluding carboxylic acids is 2. The number of methoxy groups -OCH3 is 1. The number of carbonyl (C=O) groups is 2. The fourth-order valence-corrected chi connectivity index (χ4v) is 4.32. The standard InChI is InChI=1S/C32H26FN3O5/c1-3-40-27-18-20(12-17-26(27)41-32(38)22-13-15-23(39-2)16-14-22)19-34-36-31(37)30-28(21-8-5-4-6-9-21)24-10-7-11-25(33)29(24)35-30/h4-19,35H,3H2,1-2H3,(H,36,37). The summed E-state index contributed by atoms with van der Waals surface area (Å²) >= 11 is 0. The largest absolute Gasteiger partial charge is 0.497 e. The number of ether oxygens (including phenoxy) is 3. The molecule has 0 radical (unpaired) electrons. The highest BCUT2D eigenvalue weighted by Gasteiger charge is 2.20. The molecule has 0 saturated heterocycles. The van der Waals surface area contributed by atoms with Gasteiger partial charge in [0.05, 0.1) is 31.0 Å². The highest BCUT2D eigenvalue weighted by molar-refractivity contribution is 6.10. The first-order valence-corrected chi connectivity index (χ1v) is 12.8. The van der Waals surface area contributed by atoms with Gasteiger partial charge in [-0.1, -0.05) is 42.5 Å². The van der Waals surface area contributed by atoms with Gasteiger partial charge in [0, 0.05) is 10.9 Å². The lowest BCUT2D eigenvalue weighted by Crippen LogP contribution is -2.19. The smallest absolute Gasteiger partial charge is 0.343 e. The third-order valence-corrected chi connectivity index (χ3v) is 6.25. The quantitative estimate of drug-likeness (QED) is 0.0960. The van der Waals surface area contributed by atoms with Gasteiger partial charge in [0.1, 0.15) is 17.3 Å². The fraction of sp³-hybridized carbons (Fsp3) is 0.0938. The molecule has 5 aromatic rings. The molecule has 0 spiro atoms. The van der Waals surface area contributed by atoms with Crippen LogP contribution in [0.5, 0.6) is 17.2 Å². The van der Waals surface area contributed by atoms with Crippen LogP contribution >= 0.6 is 0 Å². The normalized spacial score (nSPS) is 11.0. The van der Waals surface area contributed by atoms with Gasteiger partial charge in [-0.05, 0) is 66.6 Å². The van der Waals surface area contributed by atoms with E-state index in [1.165, 1.54) is 12.3 Å². The third-order valence-electron chi connectivity index (χ3n) is 6.25.